The third-order valence-electron chi connectivity index (χ3n) is 3.49. The Kier molecular flexibility index (Phi) is 4.14. The van der Waals surface area contributed by atoms with Gasteiger partial charge in [0, 0.05) is 0 Å². The molecule has 0 unspecified atom stereocenters. The maximum absolute atomic E-state index is 13.6. The van der Waals surface area contributed by atoms with Crippen molar-refractivity contribution in [3.8, 4) is 0 Å². The zero-order valence-corrected chi connectivity index (χ0v) is 12.5. The molecule has 0 saturated carbocycles. The lowest BCUT2D eigenvalue weighted by Crippen LogP contribution is -2.38. The summed E-state index contributed by atoms with van der Waals surface area (Å²) in [6.45, 7) is -0.609. The summed E-state index contributed by atoms with van der Waals surface area (Å²) < 4.78 is 40.6. The first kappa shape index (κ1) is 16.5. The standard InChI is InChI=1S/C16H10F3N3O3/c17-8-5-6-10(14(19)13(8)18)20-12(23)7-22-11-4-2-1-3-9(11)21-15(24)16(22)25/h1-6H,7H2,(H,20,23)(H,21,24). The van der Waals surface area contributed by atoms with Gasteiger partial charge in [0.05, 0.1) is 16.7 Å². The fourth-order valence-corrected chi connectivity index (χ4v) is 2.34. The molecule has 2 aromatic carbocycles. The van der Waals surface area contributed by atoms with Gasteiger partial charge in [-0.25, -0.2) is 13.2 Å². The van der Waals surface area contributed by atoms with E-state index in [0.717, 1.165) is 10.6 Å². The summed E-state index contributed by atoms with van der Waals surface area (Å²) in [6.07, 6.45) is 0. The van der Waals surface area contributed by atoms with Crippen LogP contribution < -0.4 is 16.4 Å². The summed E-state index contributed by atoms with van der Waals surface area (Å²) in [4.78, 5) is 38.1. The Morgan fingerprint density at radius 1 is 1.04 bits per heavy atom. The average molecular weight is 349 g/mol. The van der Waals surface area contributed by atoms with E-state index in [9.17, 15) is 27.6 Å². The summed E-state index contributed by atoms with van der Waals surface area (Å²) in [6, 6.07) is 7.79. The van der Waals surface area contributed by atoms with E-state index in [2.05, 4.69) is 4.98 Å². The van der Waals surface area contributed by atoms with Gasteiger partial charge >= 0.3 is 11.1 Å². The molecule has 6 nitrogen and oxygen atoms in total. The number of nitrogens with one attached hydrogen (secondary N) is 2. The molecule has 2 N–H and O–H groups in total. The summed E-state index contributed by atoms with van der Waals surface area (Å²) in [7, 11) is 0. The highest BCUT2D eigenvalue weighted by atomic mass is 19.2. The maximum Gasteiger partial charge on any atom is 0.317 e. The van der Waals surface area contributed by atoms with Gasteiger partial charge in [-0.05, 0) is 24.3 Å². The fourth-order valence-electron chi connectivity index (χ4n) is 2.34. The van der Waals surface area contributed by atoms with E-state index in [1.807, 2.05) is 5.32 Å². The quantitative estimate of drug-likeness (QED) is 0.558. The molecular formula is C16H10F3N3O3. The second-order valence-corrected chi connectivity index (χ2v) is 5.13. The second-order valence-electron chi connectivity index (χ2n) is 5.13. The Balaban J connectivity index is 1.96. The predicted octanol–water partition coefficient (Wildman–Crippen LogP) is 1.75. The van der Waals surface area contributed by atoms with Crippen molar-refractivity contribution in [2.75, 3.05) is 5.32 Å². The summed E-state index contributed by atoms with van der Waals surface area (Å²) >= 11 is 0. The molecule has 0 saturated heterocycles. The predicted molar refractivity (Wildman–Crippen MR) is 83.8 cm³/mol. The van der Waals surface area contributed by atoms with E-state index in [0.29, 0.717) is 11.6 Å². The number of halogens is 3. The maximum atomic E-state index is 13.6. The monoisotopic (exact) mass is 349 g/mol. The molecule has 0 atom stereocenters. The van der Waals surface area contributed by atoms with Crippen molar-refractivity contribution in [2.24, 2.45) is 0 Å². The van der Waals surface area contributed by atoms with Gasteiger partial charge in [0.25, 0.3) is 0 Å². The molecule has 0 aliphatic heterocycles. The van der Waals surface area contributed by atoms with Gasteiger partial charge in [-0.3, -0.25) is 19.0 Å². The number of amides is 1. The van der Waals surface area contributed by atoms with Crippen LogP contribution in [0.15, 0.2) is 46.0 Å². The Labute approximate surface area is 137 Å². The first-order chi connectivity index (χ1) is 11.9. The van der Waals surface area contributed by atoms with Crippen LogP contribution in [0.2, 0.25) is 0 Å². The number of carbonyl (C=O) groups excluding carboxylic acids is 1. The van der Waals surface area contributed by atoms with Gasteiger partial charge < -0.3 is 10.3 Å². The third-order valence-corrected chi connectivity index (χ3v) is 3.49. The Morgan fingerprint density at radius 3 is 2.52 bits per heavy atom. The van der Waals surface area contributed by atoms with Crippen LogP contribution in [0, 0.1) is 17.5 Å². The largest absolute Gasteiger partial charge is 0.322 e. The summed E-state index contributed by atoms with van der Waals surface area (Å²) in [5.41, 5.74) is -1.86. The second kappa shape index (κ2) is 6.27. The number of hydrogen-bond acceptors (Lipinski definition) is 3. The molecule has 3 aromatic rings. The van der Waals surface area contributed by atoms with Crippen LogP contribution in [0.4, 0.5) is 18.9 Å². The van der Waals surface area contributed by atoms with Gasteiger partial charge in [-0.15, -0.1) is 0 Å². The number of benzene rings is 2. The summed E-state index contributed by atoms with van der Waals surface area (Å²) in [5, 5.41) is 2.05. The minimum atomic E-state index is -1.73. The van der Waals surface area contributed by atoms with Crippen molar-refractivity contribution in [1.82, 2.24) is 9.55 Å². The lowest BCUT2D eigenvalue weighted by molar-refractivity contribution is -0.116. The molecule has 0 aliphatic rings. The third kappa shape index (κ3) is 3.03. The lowest BCUT2D eigenvalue weighted by Gasteiger charge is -2.11. The van der Waals surface area contributed by atoms with Gasteiger partial charge in [-0.2, -0.15) is 0 Å². The minimum absolute atomic E-state index is 0.285. The number of aromatic nitrogens is 2. The number of hydrogen-bond donors (Lipinski definition) is 2. The Bertz CT molecular complexity index is 1110. The van der Waals surface area contributed by atoms with Crippen molar-refractivity contribution < 1.29 is 18.0 Å². The molecule has 9 heteroatoms. The van der Waals surface area contributed by atoms with Crippen molar-refractivity contribution >= 4 is 22.6 Å². The van der Waals surface area contributed by atoms with Crippen molar-refractivity contribution in [3.63, 3.8) is 0 Å². The Morgan fingerprint density at radius 2 is 1.76 bits per heavy atom. The van der Waals surface area contributed by atoms with Gasteiger partial charge in [-0.1, -0.05) is 12.1 Å². The van der Waals surface area contributed by atoms with Crippen molar-refractivity contribution in [3.05, 3.63) is 74.6 Å². The van der Waals surface area contributed by atoms with Crippen molar-refractivity contribution in [2.45, 2.75) is 6.54 Å². The van der Waals surface area contributed by atoms with Crippen LogP contribution in [0.1, 0.15) is 0 Å². The van der Waals surface area contributed by atoms with E-state index < -0.39 is 46.7 Å². The molecular weight excluding hydrogens is 339 g/mol. The number of H-pyrrole nitrogens is 1. The summed E-state index contributed by atoms with van der Waals surface area (Å²) in [5.74, 6) is -5.57. The average Bonchev–Trinajstić information content (AvgIpc) is 2.59. The molecule has 0 radical (unpaired) electrons. The van der Waals surface area contributed by atoms with Gasteiger partial charge in [0.15, 0.2) is 17.5 Å². The van der Waals surface area contributed by atoms with Crippen LogP contribution >= 0.6 is 0 Å². The smallest absolute Gasteiger partial charge is 0.317 e. The molecule has 0 bridgehead atoms. The number of nitrogens with zero attached hydrogens (tertiary/aromatic N) is 1. The Hall–Kier alpha value is -3.36. The fraction of sp³-hybridized carbons (Fsp3) is 0.0625. The SMILES string of the molecule is O=C(Cn1c(=O)c(=O)[nH]c2ccccc21)Nc1ccc(F)c(F)c1F. The zero-order chi connectivity index (χ0) is 18.1. The zero-order valence-electron chi connectivity index (χ0n) is 12.5. The van der Waals surface area contributed by atoms with Crippen LogP contribution in [0.5, 0.6) is 0 Å². The van der Waals surface area contributed by atoms with Crippen LogP contribution in [-0.2, 0) is 11.3 Å². The number of para-hydroxylation sites is 2. The van der Waals surface area contributed by atoms with Gasteiger partial charge in [0.2, 0.25) is 5.91 Å². The highest BCUT2D eigenvalue weighted by Gasteiger charge is 2.16. The minimum Gasteiger partial charge on any atom is -0.322 e. The van der Waals surface area contributed by atoms with E-state index in [1.165, 1.54) is 6.07 Å². The molecule has 0 spiro atoms. The number of carbonyl (C=O) groups is 1. The molecule has 1 aromatic heterocycles. The lowest BCUT2D eigenvalue weighted by atomic mass is 10.2. The first-order valence-electron chi connectivity index (χ1n) is 7.03. The molecule has 0 aliphatic carbocycles. The number of aromatic amines is 1. The molecule has 1 heterocycles. The van der Waals surface area contributed by atoms with Crippen molar-refractivity contribution in [1.29, 1.82) is 0 Å². The molecule has 0 fully saturated rings. The highest BCUT2D eigenvalue weighted by molar-refractivity contribution is 5.91. The first-order valence-corrected chi connectivity index (χ1v) is 7.03. The molecule has 128 valence electrons. The van der Waals surface area contributed by atoms with Crippen LogP contribution in [0.25, 0.3) is 11.0 Å². The highest BCUT2D eigenvalue weighted by Crippen LogP contribution is 2.19. The van der Waals surface area contributed by atoms with Gasteiger partial charge in [0.1, 0.15) is 6.54 Å². The topological polar surface area (TPSA) is 84.0 Å². The number of fused-ring (bicyclic) bond motifs is 1. The molecule has 1 amide bonds. The van der Waals surface area contributed by atoms with E-state index >= 15 is 0 Å². The molecule has 25 heavy (non-hydrogen) atoms. The normalized spacial score (nSPS) is 10.8. The molecule has 3 rings (SSSR count). The van der Waals surface area contributed by atoms with Crippen LogP contribution in [-0.4, -0.2) is 15.5 Å². The number of anilines is 1. The van der Waals surface area contributed by atoms with E-state index in [4.69, 9.17) is 0 Å². The number of rotatable bonds is 3. The van der Waals surface area contributed by atoms with E-state index in [-0.39, 0.29) is 5.52 Å². The van der Waals surface area contributed by atoms with Crippen LogP contribution in [0.3, 0.4) is 0 Å². The van der Waals surface area contributed by atoms with E-state index in [1.54, 1.807) is 18.2 Å².